The molecule has 0 atom stereocenters. The summed E-state index contributed by atoms with van der Waals surface area (Å²) in [5.41, 5.74) is 5.86. The Labute approximate surface area is 130 Å². The zero-order valence-electron chi connectivity index (χ0n) is 12.4. The molecular weight excluding hydrogens is 308 g/mol. The second-order valence-electron chi connectivity index (χ2n) is 6.06. The average molecular weight is 330 g/mol. The van der Waals surface area contributed by atoms with E-state index in [1.54, 1.807) is 0 Å². The molecule has 2 heterocycles. The Morgan fingerprint density at radius 1 is 1.24 bits per heavy atom. The highest BCUT2D eigenvalue weighted by molar-refractivity contribution is 7.92. The lowest BCUT2D eigenvalue weighted by Crippen LogP contribution is -2.49. The van der Waals surface area contributed by atoms with Crippen molar-refractivity contribution in [3.05, 3.63) is 0 Å². The van der Waals surface area contributed by atoms with E-state index in [4.69, 9.17) is 5.73 Å². The number of nitrogens with two attached hydrogens (primary N) is 1. The van der Waals surface area contributed by atoms with Gasteiger partial charge in [-0.2, -0.15) is 4.37 Å². The molecule has 21 heavy (non-hydrogen) atoms. The maximum atomic E-state index is 12.6. The van der Waals surface area contributed by atoms with Crippen molar-refractivity contribution in [3.8, 4) is 0 Å². The van der Waals surface area contributed by atoms with Crippen LogP contribution in [0.5, 0.6) is 0 Å². The largest absolute Gasteiger partial charge is 0.382 e. The van der Waals surface area contributed by atoms with Gasteiger partial charge < -0.3 is 10.6 Å². The van der Waals surface area contributed by atoms with Crippen molar-refractivity contribution in [2.24, 2.45) is 0 Å². The van der Waals surface area contributed by atoms with Crippen LogP contribution in [0.25, 0.3) is 0 Å². The Morgan fingerprint density at radius 3 is 2.38 bits per heavy atom. The predicted molar refractivity (Wildman–Crippen MR) is 85.7 cm³/mol. The molecule has 1 saturated carbocycles. The molecule has 1 aliphatic heterocycles. The number of rotatable bonds is 4. The first-order valence-electron chi connectivity index (χ1n) is 7.39. The molecule has 8 heteroatoms. The van der Waals surface area contributed by atoms with E-state index in [0.717, 1.165) is 44.0 Å². The Bertz CT molecular complexity index is 614. The number of nitrogens with zero attached hydrogens (tertiary/aromatic N) is 3. The van der Waals surface area contributed by atoms with Gasteiger partial charge in [0.1, 0.15) is 9.90 Å². The van der Waals surface area contributed by atoms with Crippen LogP contribution >= 0.6 is 11.5 Å². The number of hydrogen-bond acceptors (Lipinski definition) is 7. The van der Waals surface area contributed by atoms with Gasteiger partial charge in [-0.05, 0) is 38.2 Å². The molecule has 6 nitrogen and oxygen atoms in total. The van der Waals surface area contributed by atoms with Gasteiger partial charge >= 0.3 is 0 Å². The fourth-order valence-electron chi connectivity index (χ4n) is 2.74. The lowest BCUT2D eigenvalue weighted by Gasteiger charge is -2.37. The number of piperazine rings is 1. The van der Waals surface area contributed by atoms with Gasteiger partial charge in [-0.15, -0.1) is 0 Å². The molecule has 1 aromatic heterocycles. The molecule has 2 N–H and O–H groups in total. The summed E-state index contributed by atoms with van der Waals surface area (Å²) >= 11 is 1.22. The SMILES string of the molecule is CC(C)N1CCN(c2snc(N)c2S(=O)(=O)C2CC2)CC1. The van der Waals surface area contributed by atoms with Crippen LogP contribution in [-0.4, -0.2) is 55.2 Å². The highest BCUT2D eigenvalue weighted by Crippen LogP contribution is 2.42. The summed E-state index contributed by atoms with van der Waals surface area (Å²) in [6, 6.07) is 0.522. The first-order valence-corrected chi connectivity index (χ1v) is 9.71. The number of sulfone groups is 1. The molecule has 0 amide bonds. The molecular formula is C13H22N4O2S2. The van der Waals surface area contributed by atoms with E-state index in [1.807, 2.05) is 0 Å². The molecule has 0 unspecified atom stereocenters. The van der Waals surface area contributed by atoms with Crippen LogP contribution < -0.4 is 10.6 Å². The topological polar surface area (TPSA) is 79.5 Å². The monoisotopic (exact) mass is 330 g/mol. The zero-order valence-corrected chi connectivity index (χ0v) is 14.1. The van der Waals surface area contributed by atoms with Crippen molar-refractivity contribution < 1.29 is 8.42 Å². The Kier molecular flexibility index (Phi) is 3.87. The summed E-state index contributed by atoms with van der Waals surface area (Å²) in [7, 11) is -3.30. The second kappa shape index (κ2) is 5.40. The number of aromatic nitrogens is 1. The lowest BCUT2D eigenvalue weighted by molar-refractivity contribution is 0.209. The van der Waals surface area contributed by atoms with Crippen molar-refractivity contribution in [2.45, 2.75) is 42.9 Å². The molecule has 118 valence electrons. The minimum absolute atomic E-state index is 0.174. The third kappa shape index (κ3) is 2.76. The molecule has 2 aliphatic rings. The normalized spacial score (nSPS) is 21.2. The van der Waals surface area contributed by atoms with E-state index in [9.17, 15) is 8.42 Å². The van der Waals surface area contributed by atoms with Crippen molar-refractivity contribution in [3.63, 3.8) is 0 Å². The van der Waals surface area contributed by atoms with Gasteiger partial charge in [0.05, 0.1) is 5.25 Å². The molecule has 1 aromatic rings. The first-order chi connectivity index (χ1) is 9.91. The van der Waals surface area contributed by atoms with E-state index in [0.29, 0.717) is 6.04 Å². The fraction of sp³-hybridized carbons (Fsp3) is 0.769. The Hall–Kier alpha value is -0.860. The van der Waals surface area contributed by atoms with Crippen molar-refractivity contribution in [2.75, 3.05) is 36.8 Å². The molecule has 2 fully saturated rings. The minimum atomic E-state index is -3.30. The zero-order chi connectivity index (χ0) is 15.2. The van der Waals surface area contributed by atoms with Crippen molar-refractivity contribution >= 4 is 32.2 Å². The second-order valence-corrected chi connectivity index (χ2v) is 8.98. The van der Waals surface area contributed by atoms with E-state index < -0.39 is 9.84 Å². The van der Waals surface area contributed by atoms with Gasteiger partial charge in [0, 0.05) is 32.2 Å². The summed E-state index contributed by atoms with van der Waals surface area (Å²) in [4.78, 5) is 4.81. The number of nitrogen functional groups attached to an aromatic ring is 1. The molecule has 3 rings (SSSR count). The molecule has 0 spiro atoms. The predicted octanol–water partition coefficient (Wildman–Crippen LogP) is 1.19. The van der Waals surface area contributed by atoms with Gasteiger partial charge in [-0.1, -0.05) is 0 Å². The number of hydrogen-bond donors (Lipinski definition) is 1. The van der Waals surface area contributed by atoms with Crippen LogP contribution in [0.15, 0.2) is 4.90 Å². The first kappa shape index (κ1) is 15.1. The van der Waals surface area contributed by atoms with Crippen LogP contribution in [-0.2, 0) is 9.84 Å². The summed E-state index contributed by atoms with van der Waals surface area (Å²) < 4.78 is 29.2. The third-order valence-electron chi connectivity index (χ3n) is 4.24. The van der Waals surface area contributed by atoms with E-state index in [2.05, 4.69) is 28.0 Å². The van der Waals surface area contributed by atoms with Crippen molar-refractivity contribution in [1.29, 1.82) is 0 Å². The Balaban J connectivity index is 1.84. The van der Waals surface area contributed by atoms with Crippen LogP contribution in [0.4, 0.5) is 10.8 Å². The van der Waals surface area contributed by atoms with Crippen LogP contribution in [0.3, 0.4) is 0 Å². The fourth-order valence-corrected chi connectivity index (χ4v) is 5.82. The number of anilines is 2. The van der Waals surface area contributed by atoms with Crippen molar-refractivity contribution in [1.82, 2.24) is 9.27 Å². The summed E-state index contributed by atoms with van der Waals surface area (Å²) in [5, 5.41) is 0.495. The van der Waals surface area contributed by atoms with Crippen LogP contribution in [0.1, 0.15) is 26.7 Å². The molecule has 1 aliphatic carbocycles. The van der Waals surface area contributed by atoms with Crippen LogP contribution in [0, 0.1) is 0 Å². The van der Waals surface area contributed by atoms with Gasteiger partial charge in [-0.3, -0.25) is 4.90 Å². The maximum absolute atomic E-state index is 12.6. The van der Waals surface area contributed by atoms with E-state index in [1.165, 1.54) is 11.5 Å². The summed E-state index contributed by atoms with van der Waals surface area (Å²) in [5.74, 6) is 0.174. The molecule has 0 bridgehead atoms. The minimum Gasteiger partial charge on any atom is -0.382 e. The highest BCUT2D eigenvalue weighted by Gasteiger charge is 2.41. The summed E-state index contributed by atoms with van der Waals surface area (Å²) in [6.45, 7) is 7.91. The van der Waals surface area contributed by atoms with E-state index in [-0.39, 0.29) is 16.0 Å². The third-order valence-corrected chi connectivity index (χ3v) is 7.61. The van der Waals surface area contributed by atoms with Gasteiger partial charge in [-0.25, -0.2) is 8.42 Å². The van der Waals surface area contributed by atoms with E-state index >= 15 is 0 Å². The molecule has 0 radical (unpaired) electrons. The summed E-state index contributed by atoms with van der Waals surface area (Å²) in [6.07, 6.45) is 1.50. The van der Waals surface area contributed by atoms with Gasteiger partial charge in [0.25, 0.3) is 0 Å². The average Bonchev–Trinajstić information content (AvgIpc) is 3.22. The van der Waals surface area contributed by atoms with Gasteiger partial charge in [0.2, 0.25) is 0 Å². The molecule has 1 saturated heterocycles. The molecule has 0 aromatic carbocycles. The highest BCUT2D eigenvalue weighted by atomic mass is 32.2. The smallest absolute Gasteiger partial charge is 0.187 e. The standard InChI is InChI=1S/C13H22N4O2S2/c1-9(2)16-5-7-17(8-6-16)13-11(12(14)15-20-13)21(18,19)10-3-4-10/h9-10H,3-8H2,1-2H3,(H2,14,15). The van der Waals surface area contributed by atoms with Crippen LogP contribution in [0.2, 0.25) is 0 Å². The maximum Gasteiger partial charge on any atom is 0.187 e. The lowest BCUT2D eigenvalue weighted by atomic mass is 10.2. The quantitative estimate of drug-likeness (QED) is 0.893. The van der Waals surface area contributed by atoms with Gasteiger partial charge in [0.15, 0.2) is 15.7 Å². The Morgan fingerprint density at radius 2 is 1.86 bits per heavy atom.